The first-order valence-electron chi connectivity index (χ1n) is 9.07. The zero-order valence-corrected chi connectivity index (χ0v) is 16.1. The van der Waals surface area contributed by atoms with E-state index >= 15 is 0 Å². The molecule has 1 amide bonds. The summed E-state index contributed by atoms with van der Waals surface area (Å²) in [4.78, 5) is 17.7. The van der Waals surface area contributed by atoms with Crippen LogP contribution in [0.4, 0.5) is 5.82 Å². The fourth-order valence-electron chi connectivity index (χ4n) is 3.22. The normalized spacial score (nSPS) is 10.8. The van der Waals surface area contributed by atoms with E-state index in [1.54, 1.807) is 31.4 Å². The Balaban J connectivity index is 1.82. The smallest absolute Gasteiger partial charge is 0.256 e. The first-order valence-corrected chi connectivity index (χ1v) is 9.07. The van der Waals surface area contributed by atoms with Crippen LogP contribution < -0.4 is 10.1 Å². The van der Waals surface area contributed by atoms with Gasteiger partial charge in [0, 0.05) is 17.3 Å². The summed E-state index contributed by atoms with van der Waals surface area (Å²) in [6.07, 6.45) is 1.98. The molecule has 1 N–H and O–H groups in total. The summed E-state index contributed by atoms with van der Waals surface area (Å²) in [5, 5.41) is 3.06. The van der Waals surface area contributed by atoms with Crippen LogP contribution in [-0.2, 0) is 0 Å². The van der Waals surface area contributed by atoms with Crippen molar-refractivity contribution in [3.63, 3.8) is 0 Å². The fraction of sp³-hybridized carbons (Fsp3) is 0.130. The number of pyridine rings is 1. The number of anilines is 1. The van der Waals surface area contributed by atoms with Crippen LogP contribution in [0.5, 0.6) is 5.75 Å². The highest BCUT2D eigenvalue weighted by atomic mass is 16.5. The molecule has 4 aromatic rings. The van der Waals surface area contributed by atoms with Gasteiger partial charge in [-0.25, -0.2) is 4.98 Å². The standard InChI is InChI=1S/C23H21N3O2/c1-15-8-13-20-24-21(19-7-5-4-6-16(19)2)22(26(20)14-15)25-23(27)17-9-11-18(28-3)12-10-17/h4-14H,1-3H3,(H,25,27). The third-order valence-electron chi connectivity index (χ3n) is 4.75. The number of amides is 1. The van der Waals surface area contributed by atoms with Crippen LogP contribution in [0.25, 0.3) is 16.9 Å². The summed E-state index contributed by atoms with van der Waals surface area (Å²) in [5.74, 6) is 1.18. The summed E-state index contributed by atoms with van der Waals surface area (Å²) in [6, 6.07) is 19.0. The molecule has 28 heavy (non-hydrogen) atoms. The summed E-state index contributed by atoms with van der Waals surface area (Å²) >= 11 is 0. The molecule has 0 aliphatic rings. The number of carbonyl (C=O) groups excluding carboxylic acids is 1. The largest absolute Gasteiger partial charge is 0.497 e. The molecule has 0 aliphatic heterocycles. The van der Waals surface area contributed by atoms with E-state index in [0.717, 1.165) is 28.0 Å². The molecule has 140 valence electrons. The van der Waals surface area contributed by atoms with Gasteiger partial charge < -0.3 is 10.1 Å². The van der Waals surface area contributed by atoms with Crippen LogP contribution in [0.2, 0.25) is 0 Å². The molecule has 2 heterocycles. The summed E-state index contributed by atoms with van der Waals surface area (Å²) in [7, 11) is 1.60. The Labute approximate surface area is 163 Å². The number of hydrogen-bond donors (Lipinski definition) is 1. The van der Waals surface area contributed by atoms with Gasteiger partial charge >= 0.3 is 0 Å². The van der Waals surface area contributed by atoms with Gasteiger partial charge in [-0.15, -0.1) is 0 Å². The second-order valence-corrected chi connectivity index (χ2v) is 6.74. The molecule has 0 radical (unpaired) electrons. The Kier molecular flexibility index (Phi) is 4.57. The predicted octanol–water partition coefficient (Wildman–Crippen LogP) is 4.88. The predicted molar refractivity (Wildman–Crippen MR) is 111 cm³/mol. The number of benzene rings is 2. The Hall–Kier alpha value is -3.60. The quantitative estimate of drug-likeness (QED) is 0.556. The van der Waals surface area contributed by atoms with E-state index in [9.17, 15) is 4.79 Å². The summed E-state index contributed by atoms with van der Waals surface area (Å²) < 4.78 is 7.10. The van der Waals surface area contributed by atoms with E-state index in [-0.39, 0.29) is 5.91 Å². The van der Waals surface area contributed by atoms with E-state index in [4.69, 9.17) is 9.72 Å². The number of ether oxygens (including phenoxy) is 1. The number of rotatable bonds is 4. The molecule has 5 heteroatoms. The molecule has 0 saturated carbocycles. The molecular weight excluding hydrogens is 350 g/mol. The minimum absolute atomic E-state index is 0.194. The SMILES string of the molecule is COc1ccc(C(=O)Nc2c(-c3ccccc3C)nc3ccc(C)cn23)cc1. The lowest BCUT2D eigenvalue weighted by Crippen LogP contribution is -2.14. The van der Waals surface area contributed by atoms with Crippen LogP contribution in [0.1, 0.15) is 21.5 Å². The van der Waals surface area contributed by atoms with Crippen molar-refractivity contribution in [2.24, 2.45) is 0 Å². The van der Waals surface area contributed by atoms with E-state index in [1.807, 2.05) is 60.8 Å². The number of carbonyl (C=O) groups is 1. The van der Waals surface area contributed by atoms with E-state index in [1.165, 1.54) is 0 Å². The van der Waals surface area contributed by atoms with Crippen molar-refractivity contribution < 1.29 is 9.53 Å². The van der Waals surface area contributed by atoms with Crippen LogP contribution in [0.15, 0.2) is 66.9 Å². The summed E-state index contributed by atoms with van der Waals surface area (Å²) in [5.41, 5.74) is 5.27. The number of nitrogens with zero attached hydrogens (tertiary/aromatic N) is 2. The van der Waals surface area contributed by atoms with E-state index in [2.05, 4.69) is 5.32 Å². The average molecular weight is 371 g/mol. The zero-order chi connectivity index (χ0) is 19.7. The molecule has 2 aromatic heterocycles. The fourth-order valence-corrected chi connectivity index (χ4v) is 3.22. The van der Waals surface area contributed by atoms with Gasteiger partial charge in [-0.3, -0.25) is 9.20 Å². The molecule has 5 nitrogen and oxygen atoms in total. The van der Waals surface area contributed by atoms with Gasteiger partial charge in [0.05, 0.1) is 7.11 Å². The molecule has 4 rings (SSSR count). The van der Waals surface area contributed by atoms with Gasteiger partial charge in [0.25, 0.3) is 5.91 Å². The number of imidazole rings is 1. The molecule has 0 saturated heterocycles. The number of aromatic nitrogens is 2. The molecule has 0 aliphatic carbocycles. The second kappa shape index (κ2) is 7.19. The van der Waals surface area contributed by atoms with Crippen molar-refractivity contribution in [1.82, 2.24) is 9.38 Å². The minimum atomic E-state index is -0.194. The van der Waals surface area contributed by atoms with Crippen molar-refractivity contribution in [3.05, 3.63) is 83.6 Å². The van der Waals surface area contributed by atoms with Gasteiger partial charge in [0.2, 0.25) is 0 Å². The van der Waals surface area contributed by atoms with Gasteiger partial charge in [-0.2, -0.15) is 0 Å². The molecule has 0 atom stereocenters. The van der Waals surface area contributed by atoms with Crippen LogP contribution >= 0.6 is 0 Å². The molecule has 0 fully saturated rings. The van der Waals surface area contributed by atoms with E-state index < -0.39 is 0 Å². The molecule has 0 unspecified atom stereocenters. The number of aryl methyl sites for hydroxylation is 2. The minimum Gasteiger partial charge on any atom is -0.497 e. The number of hydrogen-bond acceptors (Lipinski definition) is 3. The van der Waals surface area contributed by atoms with Gasteiger partial charge in [0.15, 0.2) is 0 Å². The Morgan fingerprint density at radius 3 is 2.46 bits per heavy atom. The van der Waals surface area contributed by atoms with Crippen molar-refractivity contribution in [1.29, 1.82) is 0 Å². The lowest BCUT2D eigenvalue weighted by atomic mass is 10.1. The summed E-state index contributed by atoms with van der Waals surface area (Å²) in [6.45, 7) is 4.06. The lowest BCUT2D eigenvalue weighted by Gasteiger charge is -2.10. The maximum atomic E-state index is 12.9. The first kappa shape index (κ1) is 17.8. The highest BCUT2D eigenvalue weighted by molar-refractivity contribution is 6.06. The van der Waals surface area contributed by atoms with Crippen LogP contribution in [0, 0.1) is 13.8 Å². The lowest BCUT2D eigenvalue weighted by molar-refractivity contribution is 0.102. The Morgan fingerprint density at radius 1 is 1.00 bits per heavy atom. The Morgan fingerprint density at radius 2 is 1.75 bits per heavy atom. The maximum Gasteiger partial charge on any atom is 0.256 e. The molecular formula is C23H21N3O2. The first-order chi connectivity index (χ1) is 13.6. The molecule has 0 spiro atoms. The molecule has 2 aromatic carbocycles. The average Bonchev–Trinajstić information content (AvgIpc) is 3.05. The van der Waals surface area contributed by atoms with Crippen molar-refractivity contribution in [2.75, 3.05) is 12.4 Å². The third-order valence-corrected chi connectivity index (χ3v) is 4.75. The van der Waals surface area contributed by atoms with Gasteiger partial charge in [-0.1, -0.05) is 30.3 Å². The topological polar surface area (TPSA) is 55.6 Å². The van der Waals surface area contributed by atoms with Crippen molar-refractivity contribution >= 4 is 17.4 Å². The third kappa shape index (κ3) is 3.22. The molecule has 0 bridgehead atoms. The number of methoxy groups -OCH3 is 1. The Bertz CT molecular complexity index is 1160. The van der Waals surface area contributed by atoms with Gasteiger partial charge in [0.1, 0.15) is 22.9 Å². The van der Waals surface area contributed by atoms with Crippen molar-refractivity contribution in [2.45, 2.75) is 13.8 Å². The highest BCUT2D eigenvalue weighted by Crippen LogP contribution is 2.31. The van der Waals surface area contributed by atoms with E-state index in [0.29, 0.717) is 17.1 Å². The van der Waals surface area contributed by atoms with Gasteiger partial charge in [-0.05, 0) is 55.3 Å². The second-order valence-electron chi connectivity index (χ2n) is 6.74. The number of fused-ring (bicyclic) bond motifs is 1. The highest BCUT2D eigenvalue weighted by Gasteiger charge is 2.18. The maximum absolute atomic E-state index is 12.9. The number of nitrogens with one attached hydrogen (secondary N) is 1. The monoisotopic (exact) mass is 371 g/mol. The van der Waals surface area contributed by atoms with Crippen LogP contribution in [0.3, 0.4) is 0 Å². The van der Waals surface area contributed by atoms with Crippen molar-refractivity contribution in [3.8, 4) is 17.0 Å². The van der Waals surface area contributed by atoms with Crippen LogP contribution in [-0.4, -0.2) is 22.4 Å². The zero-order valence-electron chi connectivity index (χ0n) is 16.1.